The van der Waals surface area contributed by atoms with E-state index in [0.717, 1.165) is 13.1 Å². The highest BCUT2D eigenvalue weighted by molar-refractivity contribution is 5.79. The summed E-state index contributed by atoms with van der Waals surface area (Å²) in [7, 11) is 1.69. The van der Waals surface area contributed by atoms with Gasteiger partial charge in [-0.15, -0.1) is 0 Å². The van der Waals surface area contributed by atoms with Gasteiger partial charge in [0, 0.05) is 44.7 Å². The lowest BCUT2D eigenvalue weighted by molar-refractivity contribution is -0.147. The summed E-state index contributed by atoms with van der Waals surface area (Å²) in [6.07, 6.45) is 9.92. The maximum Gasteiger partial charge on any atom is 0.236 e. The molecule has 1 spiro atoms. The van der Waals surface area contributed by atoms with Gasteiger partial charge in [-0.2, -0.15) is 0 Å². The number of hydrogen-bond donors (Lipinski definition) is 0. The Morgan fingerprint density at radius 1 is 1.30 bits per heavy atom. The Morgan fingerprint density at radius 2 is 2.13 bits per heavy atom. The highest BCUT2D eigenvalue weighted by atomic mass is 16.5. The number of pyridine rings is 1. The van der Waals surface area contributed by atoms with Gasteiger partial charge in [0.1, 0.15) is 0 Å². The zero-order valence-corrected chi connectivity index (χ0v) is 14.0. The summed E-state index contributed by atoms with van der Waals surface area (Å²) in [5.41, 5.74) is 1.33. The molecule has 0 bridgehead atoms. The van der Waals surface area contributed by atoms with Crippen molar-refractivity contribution in [2.75, 3.05) is 33.4 Å². The Morgan fingerprint density at radius 3 is 2.83 bits per heavy atom. The van der Waals surface area contributed by atoms with E-state index in [0.29, 0.717) is 19.7 Å². The molecule has 1 saturated carbocycles. The number of methoxy groups -OCH3 is 1. The molecule has 1 aliphatic heterocycles. The molecule has 1 amide bonds. The fourth-order valence-corrected chi connectivity index (χ4v) is 4.00. The molecule has 3 rings (SSSR count). The summed E-state index contributed by atoms with van der Waals surface area (Å²) in [6, 6.07) is 4.07. The van der Waals surface area contributed by atoms with E-state index in [4.69, 9.17) is 4.74 Å². The Balaban J connectivity index is 1.77. The number of hydrogen-bond acceptors (Lipinski definition) is 4. The van der Waals surface area contributed by atoms with E-state index in [1.165, 1.54) is 37.7 Å². The SMILES string of the molecule is COCCN1CC2(CCCCC2)N(Cc2cccnc2)CC1=O. The molecule has 2 heterocycles. The van der Waals surface area contributed by atoms with E-state index in [2.05, 4.69) is 16.0 Å². The van der Waals surface area contributed by atoms with E-state index in [1.807, 2.05) is 17.2 Å². The van der Waals surface area contributed by atoms with Crippen molar-refractivity contribution in [1.82, 2.24) is 14.8 Å². The molecule has 0 atom stereocenters. The van der Waals surface area contributed by atoms with Crippen LogP contribution < -0.4 is 0 Å². The van der Waals surface area contributed by atoms with Gasteiger partial charge >= 0.3 is 0 Å². The second kappa shape index (κ2) is 7.41. The first-order chi connectivity index (χ1) is 11.2. The molecule has 23 heavy (non-hydrogen) atoms. The second-order valence-corrected chi connectivity index (χ2v) is 6.81. The van der Waals surface area contributed by atoms with Crippen LogP contribution in [0.1, 0.15) is 37.7 Å². The normalized spacial score (nSPS) is 21.8. The van der Waals surface area contributed by atoms with Crippen LogP contribution in [0.3, 0.4) is 0 Å². The van der Waals surface area contributed by atoms with Gasteiger partial charge in [0.25, 0.3) is 0 Å². The Bertz CT molecular complexity index is 514. The van der Waals surface area contributed by atoms with Crippen LogP contribution in [0.2, 0.25) is 0 Å². The smallest absolute Gasteiger partial charge is 0.236 e. The maximum atomic E-state index is 12.5. The average Bonchev–Trinajstić information content (AvgIpc) is 2.59. The van der Waals surface area contributed by atoms with Crippen molar-refractivity contribution in [2.45, 2.75) is 44.2 Å². The predicted molar refractivity (Wildman–Crippen MR) is 88.9 cm³/mol. The molecular formula is C18H27N3O2. The molecule has 2 fully saturated rings. The third kappa shape index (κ3) is 3.72. The first-order valence-electron chi connectivity index (χ1n) is 8.64. The molecule has 1 saturated heterocycles. The standard InChI is InChI=1S/C18H27N3O2/c1-23-11-10-20-15-18(7-3-2-4-8-18)21(14-17(20)22)13-16-6-5-9-19-12-16/h5-6,9,12H,2-4,7-8,10-11,13-15H2,1H3. The summed E-state index contributed by atoms with van der Waals surface area (Å²) in [4.78, 5) is 21.2. The second-order valence-electron chi connectivity index (χ2n) is 6.81. The fraction of sp³-hybridized carbons (Fsp3) is 0.667. The summed E-state index contributed by atoms with van der Waals surface area (Å²) in [5.74, 6) is 0.224. The van der Waals surface area contributed by atoms with Crippen LogP contribution in [0.4, 0.5) is 0 Å². The van der Waals surface area contributed by atoms with E-state index < -0.39 is 0 Å². The molecule has 5 heteroatoms. The number of aromatic nitrogens is 1. The van der Waals surface area contributed by atoms with Crippen molar-refractivity contribution in [3.8, 4) is 0 Å². The van der Waals surface area contributed by atoms with Crippen LogP contribution in [0.15, 0.2) is 24.5 Å². The highest BCUT2D eigenvalue weighted by Crippen LogP contribution is 2.37. The molecule has 0 unspecified atom stereocenters. The number of amides is 1. The molecule has 126 valence electrons. The van der Waals surface area contributed by atoms with E-state index in [9.17, 15) is 4.79 Å². The predicted octanol–water partition coefficient (Wildman–Crippen LogP) is 2.08. The minimum absolute atomic E-state index is 0.135. The summed E-state index contributed by atoms with van der Waals surface area (Å²) < 4.78 is 5.18. The molecule has 1 aliphatic carbocycles. The number of carbonyl (C=O) groups is 1. The quantitative estimate of drug-likeness (QED) is 0.834. The number of nitrogens with zero attached hydrogens (tertiary/aromatic N) is 3. The van der Waals surface area contributed by atoms with Gasteiger partial charge in [-0.25, -0.2) is 0 Å². The Hall–Kier alpha value is -1.46. The van der Waals surface area contributed by atoms with E-state index in [-0.39, 0.29) is 11.4 Å². The van der Waals surface area contributed by atoms with Gasteiger partial charge in [-0.1, -0.05) is 25.3 Å². The molecule has 5 nitrogen and oxygen atoms in total. The molecule has 0 aromatic carbocycles. The van der Waals surface area contributed by atoms with Crippen molar-refractivity contribution in [3.05, 3.63) is 30.1 Å². The molecular weight excluding hydrogens is 290 g/mol. The lowest BCUT2D eigenvalue weighted by atomic mass is 9.78. The number of carbonyl (C=O) groups excluding carboxylic acids is 1. The Labute approximate surface area is 138 Å². The maximum absolute atomic E-state index is 12.5. The lowest BCUT2D eigenvalue weighted by Crippen LogP contribution is -2.64. The molecule has 1 aromatic heterocycles. The van der Waals surface area contributed by atoms with Crippen molar-refractivity contribution < 1.29 is 9.53 Å². The highest BCUT2D eigenvalue weighted by Gasteiger charge is 2.44. The van der Waals surface area contributed by atoms with Crippen molar-refractivity contribution >= 4 is 5.91 Å². The van der Waals surface area contributed by atoms with Crippen LogP contribution >= 0.6 is 0 Å². The zero-order valence-electron chi connectivity index (χ0n) is 14.0. The summed E-state index contributed by atoms with van der Waals surface area (Å²) in [5, 5.41) is 0. The van der Waals surface area contributed by atoms with Gasteiger partial charge in [0.05, 0.1) is 13.2 Å². The van der Waals surface area contributed by atoms with Gasteiger partial charge < -0.3 is 9.64 Å². The molecule has 2 aliphatic rings. The third-order valence-electron chi connectivity index (χ3n) is 5.28. The first kappa shape index (κ1) is 16.4. The lowest BCUT2D eigenvalue weighted by Gasteiger charge is -2.52. The molecule has 0 N–H and O–H groups in total. The van der Waals surface area contributed by atoms with Crippen LogP contribution in [-0.2, 0) is 16.1 Å². The number of ether oxygens (including phenoxy) is 1. The summed E-state index contributed by atoms with van der Waals surface area (Å²) in [6.45, 7) is 3.49. The van der Waals surface area contributed by atoms with Crippen LogP contribution in [0.5, 0.6) is 0 Å². The topological polar surface area (TPSA) is 45.7 Å². The first-order valence-corrected chi connectivity index (χ1v) is 8.64. The third-order valence-corrected chi connectivity index (χ3v) is 5.28. The van der Waals surface area contributed by atoms with Crippen LogP contribution in [0.25, 0.3) is 0 Å². The monoisotopic (exact) mass is 317 g/mol. The van der Waals surface area contributed by atoms with Gasteiger partial charge in [0.15, 0.2) is 0 Å². The fourth-order valence-electron chi connectivity index (χ4n) is 4.00. The zero-order chi connectivity index (χ0) is 16.1. The van der Waals surface area contributed by atoms with E-state index in [1.54, 1.807) is 13.3 Å². The van der Waals surface area contributed by atoms with E-state index >= 15 is 0 Å². The van der Waals surface area contributed by atoms with Crippen molar-refractivity contribution in [2.24, 2.45) is 0 Å². The average molecular weight is 317 g/mol. The van der Waals surface area contributed by atoms with Gasteiger partial charge in [-0.05, 0) is 24.5 Å². The minimum Gasteiger partial charge on any atom is -0.383 e. The Kier molecular flexibility index (Phi) is 5.28. The van der Waals surface area contributed by atoms with Crippen molar-refractivity contribution in [3.63, 3.8) is 0 Å². The van der Waals surface area contributed by atoms with Crippen molar-refractivity contribution in [1.29, 1.82) is 0 Å². The van der Waals surface area contributed by atoms with Gasteiger partial charge in [-0.3, -0.25) is 14.7 Å². The van der Waals surface area contributed by atoms with Gasteiger partial charge in [0.2, 0.25) is 5.91 Å². The number of rotatable bonds is 5. The van der Waals surface area contributed by atoms with Crippen LogP contribution in [-0.4, -0.2) is 59.6 Å². The largest absolute Gasteiger partial charge is 0.383 e. The molecule has 0 radical (unpaired) electrons. The number of piperazine rings is 1. The minimum atomic E-state index is 0.135. The summed E-state index contributed by atoms with van der Waals surface area (Å²) >= 11 is 0. The molecule has 1 aromatic rings. The van der Waals surface area contributed by atoms with Crippen LogP contribution in [0, 0.1) is 0 Å².